The number of rotatable bonds is 4. The molecule has 0 spiro atoms. The number of aromatic nitrogens is 2. The molecule has 0 fully saturated rings. The van der Waals surface area contributed by atoms with Crippen molar-refractivity contribution >= 4 is 12.4 Å². The van der Waals surface area contributed by atoms with E-state index in [1.807, 2.05) is 91.9 Å². The molecule has 0 unspecified atom stereocenters. The molecule has 0 saturated carbocycles. The van der Waals surface area contributed by atoms with E-state index >= 15 is 0 Å². The number of aryl methyl sites for hydroxylation is 1. The average Bonchev–Trinajstić information content (AvgIpc) is 2.74. The molecule has 29 heavy (non-hydrogen) atoms. The Morgan fingerprint density at radius 2 is 1.14 bits per heavy atom. The van der Waals surface area contributed by atoms with Crippen LogP contribution in [0.3, 0.4) is 0 Å². The van der Waals surface area contributed by atoms with Crippen molar-refractivity contribution in [1.82, 2.24) is 9.97 Å². The van der Waals surface area contributed by atoms with Crippen LogP contribution in [0.4, 0.5) is 0 Å². The van der Waals surface area contributed by atoms with Crippen molar-refractivity contribution in [3.63, 3.8) is 0 Å². The van der Waals surface area contributed by atoms with Gasteiger partial charge in [-0.05, 0) is 26.3 Å². The van der Waals surface area contributed by atoms with Crippen molar-refractivity contribution < 1.29 is 4.57 Å². The lowest BCUT2D eigenvalue weighted by Crippen LogP contribution is -2.05. The van der Waals surface area contributed by atoms with Gasteiger partial charge in [-0.2, -0.15) is 0 Å². The minimum atomic E-state index is -2.38. The van der Waals surface area contributed by atoms with E-state index in [0.29, 0.717) is 0 Å². The maximum Gasteiger partial charge on any atom is 0.109 e. The fourth-order valence-corrected chi connectivity index (χ4v) is 4.27. The van der Waals surface area contributed by atoms with E-state index < -0.39 is 7.14 Å². The molecule has 144 valence electrons. The first-order chi connectivity index (χ1) is 13.9. The Hall–Kier alpha value is -3.03. The van der Waals surface area contributed by atoms with Crippen LogP contribution >= 0.6 is 7.14 Å². The molecule has 0 radical (unpaired) electrons. The zero-order valence-electron chi connectivity index (χ0n) is 16.8. The quantitative estimate of drug-likeness (QED) is 0.394. The third-order valence-corrected chi connectivity index (χ3v) is 6.43. The van der Waals surface area contributed by atoms with E-state index in [-0.39, 0.29) is 0 Å². The van der Waals surface area contributed by atoms with Crippen molar-refractivity contribution in [2.45, 2.75) is 6.92 Å². The normalized spacial score (nSPS) is 11.4. The van der Waals surface area contributed by atoms with E-state index in [4.69, 9.17) is 9.97 Å². The summed E-state index contributed by atoms with van der Waals surface area (Å²) in [6.07, 6.45) is 0. The summed E-state index contributed by atoms with van der Waals surface area (Å²) in [4.78, 5) is 10.0. The van der Waals surface area contributed by atoms with Gasteiger partial charge in [-0.3, -0.25) is 0 Å². The third kappa shape index (κ3) is 4.06. The highest BCUT2D eigenvalue weighted by atomic mass is 31.2. The second-order valence-electron chi connectivity index (χ2n) is 7.49. The molecule has 0 saturated heterocycles. The third-order valence-electron chi connectivity index (χ3n) is 4.91. The minimum Gasteiger partial charge on any atom is -0.319 e. The first-order valence-corrected chi connectivity index (χ1v) is 12.2. The first-order valence-electron chi connectivity index (χ1n) is 9.59. The highest BCUT2D eigenvalue weighted by molar-refractivity contribution is 7.70. The molecule has 0 amide bonds. The van der Waals surface area contributed by atoms with Crippen LogP contribution in [0.1, 0.15) is 5.69 Å². The van der Waals surface area contributed by atoms with Crippen LogP contribution in [-0.4, -0.2) is 23.3 Å². The summed E-state index contributed by atoms with van der Waals surface area (Å²) in [6, 6.07) is 28.1. The number of hydrogen-bond acceptors (Lipinski definition) is 3. The van der Waals surface area contributed by atoms with Gasteiger partial charge in [0.25, 0.3) is 0 Å². The lowest BCUT2D eigenvalue weighted by molar-refractivity contribution is 0.588. The minimum absolute atomic E-state index is 0.802. The van der Waals surface area contributed by atoms with Gasteiger partial charge in [0, 0.05) is 22.0 Å². The smallest absolute Gasteiger partial charge is 0.109 e. The Kier molecular flexibility index (Phi) is 5.17. The summed E-state index contributed by atoms with van der Waals surface area (Å²) in [7, 11) is -2.38. The monoisotopic (exact) mass is 398 g/mol. The molecule has 0 bridgehead atoms. The van der Waals surface area contributed by atoms with Crippen LogP contribution in [0.25, 0.3) is 33.8 Å². The standard InChI is InChI=1S/C25H23N2OP/c1-18-23(19-11-6-4-7-12-19)27-25(24(26-18)20-13-8-5-9-14-20)21-15-10-16-22(17-21)29(2,3)28/h4-17H,1-3H3. The van der Waals surface area contributed by atoms with Crippen LogP contribution in [0.5, 0.6) is 0 Å². The SMILES string of the molecule is Cc1nc(-c2ccccc2)c(-c2cccc(P(C)(C)=O)c2)nc1-c1ccccc1. The van der Waals surface area contributed by atoms with Crippen LogP contribution in [0.2, 0.25) is 0 Å². The Balaban J connectivity index is 1.99. The molecule has 0 N–H and O–H groups in total. The van der Waals surface area contributed by atoms with Crippen molar-refractivity contribution in [2.24, 2.45) is 0 Å². The average molecular weight is 398 g/mol. The number of hydrogen-bond donors (Lipinski definition) is 0. The van der Waals surface area contributed by atoms with Gasteiger partial charge in [0.15, 0.2) is 0 Å². The van der Waals surface area contributed by atoms with Crippen LogP contribution in [0, 0.1) is 6.92 Å². The highest BCUT2D eigenvalue weighted by Gasteiger charge is 2.18. The molecular weight excluding hydrogens is 375 g/mol. The molecule has 4 rings (SSSR count). The van der Waals surface area contributed by atoms with E-state index in [1.54, 1.807) is 13.3 Å². The number of benzene rings is 3. The van der Waals surface area contributed by atoms with Gasteiger partial charge >= 0.3 is 0 Å². The summed E-state index contributed by atoms with van der Waals surface area (Å²) in [5.74, 6) is 0. The molecule has 4 aromatic rings. The van der Waals surface area contributed by atoms with Crippen LogP contribution in [0.15, 0.2) is 84.9 Å². The van der Waals surface area contributed by atoms with E-state index in [9.17, 15) is 4.57 Å². The second-order valence-corrected chi connectivity index (χ2v) is 10.7. The Morgan fingerprint density at radius 1 is 0.621 bits per heavy atom. The lowest BCUT2D eigenvalue weighted by Gasteiger charge is -2.15. The predicted molar refractivity (Wildman–Crippen MR) is 122 cm³/mol. The molecule has 1 heterocycles. The molecule has 4 heteroatoms. The zero-order chi connectivity index (χ0) is 20.4. The Morgan fingerprint density at radius 3 is 1.72 bits per heavy atom. The van der Waals surface area contributed by atoms with Gasteiger partial charge < -0.3 is 4.57 Å². The summed E-state index contributed by atoms with van der Waals surface area (Å²) in [6.45, 7) is 5.58. The van der Waals surface area contributed by atoms with Gasteiger partial charge in [0.05, 0.1) is 22.8 Å². The molecular formula is C25H23N2OP. The van der Waals surface area contributed by atoms with Gasteiger partial charge in [0.2, 0.25) is 0 Å². The second kappa shape index (κ2) is 7.77. The van der Waals surface area contributed by atoms with Gasteiger partial charge in [-0.1, -0.05) is 78.9 Å². The first kappa shape index (κ1) is 19.3. The molecule has 1 aromatic heterocycles. The molecule has 0 aliphatic heterocycles. The molecule has 0 aliphatic rings. The van der Waals surface area contributed by atoms with Gasteiger partial charge in [0.1, 0.15) is 7.14 Å². The molecule has 3 aromatic carbocycles. The highest BCUT2D eigenvalue weighted by Crippen LogP contribution is 2.37. The molecule has 3 nitrogen and oxygen atoms in total. The van der Waals surface area contributed by atoms with E-state index in [1.165, 1.54) is 0 Å². The lowest BCUT2D eigenvalue weighted by atomic mass is 10.0. The predicted octanol–water partition coefficient (Wildman–Crippen LogP) is 6.03. The van der Waals surface area contributed by atoms with Crippen molar-refractivity contribution in [3.05, 3.63) is 90.6 Å². The van der Waals surface area contributed by atoms with Crippen molar-refractivity contribution in [3.8, 4) is 33.8 Å². The van der Waals surface area contributed by atoms with Crippen LogP contribution < -0.4 is 5.30 Å². The van der Waals surface area contributed by atoms with Crippen molar-refractivity contribution in [2.75, 3.05) is 13.3 Å². The Bertz CT molecular complexity index is 1200. The summed E-state index contributed by atoms with van der Waals surface area (Å²) in [5, 5.41) is 0.845. The summed E-state index contributed by atoms with van der Waals surface area (Å²) in [5.41, 5.74) is 6.35. The zero-order valence-corrected chi connectivity index (χ0v) is 17.7. The topological polar surface area (TPSA) is 42.9 Å². The van der Waals surface area contributed by atoms with Gasteiger partial charge in [-0.25, -0.2) is 9.97 Å². The summed E-state index contributed by atoms with van der Waals surface area (Å²) >= 11 is 0. The van der Waals surface area contributed by atoms with E-state index in [2.05, 4.69) is 0 Å². The van der Waals surface area contributed by atoms with Crippen LogP contribution in [-0.2, 0) is 4.57 Å². The van der Waals surface area contributed by atoms with E-state index in [0.717, 1.165) is 44.8 Å². The fraction of sp³-hybridized carbons (Fsp3) is 0.120. The fourth-order valence-electron chi connectivity index (χ4n) is 3.38. The maximum atomic E-state index is 12.7. The number of nitrogens with zero attached hydrogens (tertiary/aromatic N) is 2. The summed E-state index contributed by atoms with van der Waals surface area (Å²) < 4.78 is 12.7. The maximum absolute atomic E-state index is 12.7. The molecule has 0 aliphatic carbocycles. The molecule has 0 atom stereocenters. The Labute approximate surface area is 171 Å². The van der Waals surface area contributed by atoms with Crippen molar-refractivity contribution in [1.29, 1.82) is 0 Å². The van der Waals surface area contributed by atoms with Gasteiger partial charge in [-0.15, -0.1) is 0 Å². The largest absolute Gasteiger partial charge is 0.319 e.